The second kappa shape index (κ2) is 3.58. The summed E-state index contributed by atoms with van der Waals surface area (Å²) >= 11 is 5.82. The maximum Gasteiger partial charge on any atom is 0.177 e. The summed E-state index contributed by atoms with van der Waals surface area (Å²) in [6.45, 7) is 0.574. The van der Waals surface area contributed by atoms with Crippen LogP contribution in [0.2, 0.25) is 5.02 Å². The molecule has 0 spiro atoms. The Morgan fingerprint density at radius 3 is 2.67 bits per heavy atom. The molecule has 15 heavy (non-hydrogen) atoms. The van der Waals surface area contributed by atoms with E-state index in [1.54, 1.807) is 6.07 Å². The normalized spacial score (nSPS) is 17.5. The van der Waals surface area contributed by atoms with Gasteiger partial charge in [-0.05, 0) is 18.9 Å². The Kier molecular flexibility index (Phi) is 2.52. The number of benzene rings is 1. The summed E-state index contributed by atoms with van der Waals surface area (Å²) in [5.74, 6) is 0.474. The molecule has 0 aromatic heterocycles. The lowest BCUT2D eigenvalue weighted by Gasteiger charge is -2.18. The van der Waals surface area contributed by atoms with Crippen molar-refractivity contribution in [2.24, 2.45) is 5.73 Å². The van der Waals surface area contributed by atoms with Crippen LogP contribution in [0.3, 0.4) is 0 Å². The quantitative estimate of drug-likeness (QED) is 0.831. The van der Waals surface area contributed by atoms with Crippen LogP contribution in [0.25, 0.3) is 0 Å². The Hall–Kier alpha value is -0.930. The minimum absolute atomic E-state index is 0.00654. The predicted molar refractivity (Wildman–Crippen MR) is 59.6 cm³/mol. The molecule has 0 unspecified atom stereocenters. The number of halogens is 1. The lowest BCUT2D eigenvalue weighted by molar-refractivity contribution is 0.365. The molecule has 1 saturated carbocycles. The van der Waals surface area contributed by atoms with E-state index in [0.717, 1.165) is 18.4 Å². The highest BCUT2D eigenvalue weighted by molar-refractivity contribution is 6.32. The van der Waals surface area contributed by atoms with Gasteiger partial charge < -0.3 is 15.6 Å². The van der Waals surface area contributed by atoms with Crippen LogP contribution in [0.5, 0.6) is 11.5 Å². The maximum absolute atomic E-state index is 9.77. The van der Waals surface area contributed by atoms with E-state index in [2.05, 4.69) is 0 Å². The van der Waals surface area contributed by atoms with Gasteiger partial charge in [0.15, 0.2) is 11.5 Å². The molecular weight excluding hydrogens is 214 g/mol. The second-order valence-electron chi connectivity index (χ2n) is 3.96. The van der Waals surface area contributed by atoms with Crippen LogP contribution in [-0.2, 0) is 5.41 Å². The van der Waals surface area contributed by atoms with E-state index in [1.807, 2.05) is 6.07 Å². The smallest absolute Gasteiger partial charge is 0.177 e. The molecule has 1 aromatic carbocycles. The molecular formula is C11H14ClNO2. The van der Waals surface area contributed by atoms with E-state index in [1.165, 1.54) is 7.11 Å². The van der Waals surface area contributed by atoms with Crippen molar-refractivity contribution in [3.8, 4) is 11.5 Å². The van der Waals surface area contributed by atoms with Gasteiger partial charge in [0.2, 0.25) is 0 Å². The molecule has 0 saturated heterocycles. The standard InChI is InChI=1S/C11H14ClNO2/c1-15-10-7(11(6-13)4-5-11)2-3-8(12)9(10)14/h2-3,14H,4-6,13H2,1H3. The lowest BCUT2D eigenvalue weighted by Crippen LogP contribution is -2.20. The van der Waals surface area contributed by atoms with Crippen LogP contribution in [0, 0.1) is 0 Å². The monoisotopic (exact) mass is 227 g/mol. The first-order valence-electron chi connectivity index (χ1n) is 4.90. The van der Waals surface area contributed by atoms with Crippen LogP contribution >= 0.6 is 11.6 Å². The van der Waals surface area contributed by atoms with Crippen molar-refractivity contribution in [3.63, 3.8) is 0 Å². The summed E-state index contributed by atoms with van der Waals surface area (Å²) in [5, 5.41) is 10.1. The van der Waals surface area contributed by atoms with Crippen molar-refractivity contribution in [3.05, 3.63) is 22.7 Å². The first kappa shape index (κ1) is 10.6. The number of aromatic hydroxyl groups is 1. The van der Waals surface area contributed by atoms with Crippen LogP contribution in [0.15, 0.2) is 12.1 Å². The van der Waals surface area contributed by atoms with E-state index >= 15 is 0 Å². The van der Waals surface area contributed by atoms with Crippen LogP contribution in [0.4, 0.5) is 0 Å². The summed E-state index contributed by atoms with van der Waals surface area (Å²) < 4.78 is 5.20. The van der Waals surface area contributed by atoms with Crippen LogP contribution in [0.1, 0.15) is 18.4 Å². The van der Waals surface area contributed by atoms with E-state index < -0.39 is 0 Å². The van der Waals surface area contributed by atoms with Crippen molar-refractivity contribution in [2.45, 2.75) is 18.3 Å². The van der Waals surface area contributed by atoms with Gasteiger partial charge in [-0.15, -0.1) is 0 Å². The number of hydrogen-bond acceptors (Lipinski definition) is 3. The highest BCUT2D eigenvalue weighted by atomic mass is 35.5. The highest BCUT2D eigenvalue weighted by Gasteiger charge is 2.45. The van der Waals surface area contributed by atoms with Gasteiger partial charge in [-0.25, -0.2) is 0 Å². The van der Waals surface area contributed by atoms with Crippen molar-refractivity contribution >= 4 is 11.6 Å². The second-order valence-corrected chi connectivity index (χ2v) is 4.37. The van der Waals surface area contributed by atoms with Crippen LogP contribution in [-0.4, -0.2) is 18.8 Å². The predicted octanol–water partition coefficient (Wildman–Crippen LogP) is 2.04. The zero-order valence-electron chi connectivity index (χ0n) is 8.59. The van der Waals surface area contributed by atoms with E-state index in [-0.39, 0.29) is 11.2 Å². The zero-order valence-corrected chi connectivity index (χ0v) is 9.34. The molecule has 82 valence electrons. The number of methoxy groups -OCH3 is 1. The van der Waals surface area contributed by atoms with Crippen molar-refractivity contribution in [1.29, 1.82) is 0 Å². The molecule has 4 heteroatoms. The lowest BCUT2D eigenvalue weighted by atomic mass is 9.95. The molecule has 1 aliphatic rings. The summed E-state index contributed by atoms with van der Waals surface area (Å²) in [5.41, 5.74) is 6.70. The van der Waals surface area contributed by atoms with Gasteiger partial charge in [0, 0.05) is 17.5 Å². The zero-order chi connectivity index (χ0) is 11.1. The van der Waals surface area contributed by atoms with E-state index in [0.29, 0.717) is 17.3 Å². The highest BCUT2D eigenvalue weighted by Crippen LogP contribution is 2.53. The fourth-order valence-corrected chi connectivity index (χ4v) is 2.05. The minimum atomic E-state index is -0.00654. The van der Waals surface area contributed by atoms with Gasteiger partial charge in [0.25, 0.3) is 0 Å². The van der Waals surface area contributed by atoms with Crippen molar-refractivity contribution < 1.29 is 9.84 Å². The minimum Gasteiger partial charge on any atom is -0.503 e. The number of ether oxygens (including phenoxy) is 1. The molecule has 0 atom stereocenters. The third-order valence-corrected chi connectivity index (χ3v) is 3.41. The maximum atomic E-state index is 9.77. The van der Waals surface area contributed by atoms with Gasteiger partial charge in [-0.2, -0.15) is 0 Å². The Morgan fingerprint density at radius 2 is 2.20 bits per heavy atom. The summed E-state index contributed by atoms with van der Waals surface area (Å²) in [6, 6.07) is 3.57. The van der Waals surface area contributed by atoms with Gasteiger partial charge in [0.05, 0.1) is 12.1 Å². The van der Waals surface area contributed by atoms with E-state index in [4.69, 9.17) is 22.1 Å². The first-order chi connectivity index (χ1) is 7.14. The van der Waals surface area contributed by atoms with Crippen LogP contribution < -0.4 is 10.5 Å². The van der Waals surface area contributed by atoms with Crippen molar-refractivity contribution in [1.82, 2.24) is 0 Å². The number of hydrogen-bond donors (Lipinski definition) is 2. The Morgan fingerprint density at radius 1 is 1.53 bits per heavy atom. The number of rotatable bonds is 3. The summed E-state index contributed by atoms with van der Waals surface area (Å²) in [7, 11) is 1.53. The Balaban J connectivity index is 2.52. The third-order valence-electron chi connectivity index (χ3n) is 3.10. The Labute approximate surface area is 93.8 Å². The molecule has 0 bridgehead atoms. The molecule has 0 amide bonds. The third kappa shape index (κ3) is 1.56. The molecule has 1 fully saturated rings. The molecule has 0 aliphatic heterocycles. The molecule has 2 rings (SSSR count). The first-order valence-corrected chi connectivity index (χ1v) is 5.28. The molecule has 3 nitrogen and oxygen atoms in total. The number of phenols is 1. The van der Waals surface area contributed by atoms with Crippen molar-refractivity contribution in [2.75, 3.05) is 13.7 Å². The fraction of sp³-hybridized carbons (Fsp3) is 0.455. The largest absolute Gasteiger partial charge is 0.503 e. The summed E-state index contributed by atoms with van der Waals surface area (Å²) in [4.78, 5) is 0. The molecule has 0 heterocycles. The number of nitrogens with two attached hydrogens (primary N) is 1. The average molecular weight is 228 g/mol. The molecule has 1 aromatic rings. The number of phenolic OH excluding ortho intramolecular Hbond substituents is 1. The van der Waals surface area contributed by atoms with E-state index in [9.17, 15) is 5.11 Å². The Bertz CT molecular complexity index is 388. The summed E-state index contributed by atoms with van der Waals surface area (Å²) in [6.07, 6.45) is 2.09. The van der Waals surface area contributed by atoms with Gasteiger partial charge in [0.1, 0.15) is 0 Å². The van der Waals surface area contributed by atoms with Gasteiger partial charge in [-0.1, -0.05) is 17.7 Å². The molecule has 1 aliphatic carbocycles. The topological polar surface area (TPSA) is 55.5 Å². The fourth-order valence-electron chi connectivity index (χ4n) is 1.91. The SMILES string of the molecule is COc1c(C2(CN)CC2)ccc(Cl)c1O. The van der Waals surface area contributed by atoms with Gasteiger partial charge in [-0.3, -0.25) is 0 Å². The van der Waals surface area contributed by atoms with Gasteiger partial charge >= 0.3 is 0 Å². The molecule has 3 N–H and O–H groups in total. The average Bonchev–Trinajstić information content (AvgIpc) is 3.02. The molecule has 0 radical (unpaired) electrons.